The van der Waals surface area contributed by atoms with Gasteiger partial charge in [0.05, 0.1) is 18.1 Å². The van der Waals surface area contributed by atoms with Gasteiger partial charge in [0.15, 0.2) is 5.92 Å². The Morgan fingerprint density at radius 1 is 0.660 bits per heavy atom. The molecule has 0 rings (SSSR count). The molecule has 0 bridgehead atoms. The molecule has 280 valence electrons. The normalized spacial score (nSPS) is 17.8. The molecule has 0 saturated carbocycles. The van der Waals surface area contributed by atoms with Gasteiger partial charge in [0, 0.05) is 12.0 Å². The molecule has 0 amide bonds. The first-order valence-corrected chi connectivity index (χ1v) is 13.9. The number of hydrogen-bond acceptors (Lipinski definition) is 4. The van der Waals surface area contributed by atoms with E-state index in [0.717, 1.165) is 13.8 Å². The van der Waals surface area contributed by atoms with Crippen LogP contribution in [0.3, 0.4) is 0 Å². The van der Waals surface area contributed by atoms with Crippen LogP contribution in [-0.2, 0) is 14.3 Å². The molecule has 0 fully saturated rings. The van der Waals surface area contributed by atoms with Gasteiger partial charge in [0.1, 0.15) is 10.5 Å². The van der Waals surface area contributed by atoms with Crippen molar-refractivity contribution in [2.75, 3.05) is 6.61 Å². The summed E-state index contributed by atoms with van der Waals surface area (Å²) in [5.41, 5.74) is -19.6. The third-order valence-corrected chi connectivity index (χ3v) is 7.08. The van der Waals surface area contributed by atoms with E-state index in [4.69, 9.17) is 4.74 Å². The van der Waals surface area contributed by atoms with Crippen LogP contribution in [0.25, 0.3) is 0 Å². The van der Waals surface area contributed by atoms with Crippen molar-refractivity contribution in [1.29, 1.82) is 0 Å². The van der Waals surface area contributed by atoms with Gasteiger partial charge in [-0.05, 0) is 38.0 Å². The van der Waals surface area contributed by atoms with Crippen LogP contribution in [-0.4, -0.2) is 59.7 Å². The van der Waals surface area contributed by atoms with Crippen LogP contribution >= 0.6 is 12.6 Å². The molecule has 0 radical (unpaired) electrons. The Balaban J connectivity index is 7.29. The topological polar surface area (TPSA) is 35.5 Å². The zero-order chi connectivity index (χ0) is 38.4. The van der Waals surface area contributed by atoms with Crippen LogP contribution in [0.2, 0.25) is 0 Å². The van der Waals surface area contributed by atoms with Gasteiger partial charge >= 0.3 is 42.5 Å². The molecular weight excluding hydrogens is 708 g/mol. The predicted octanol–water partition coefficient (Wildman–Crippen LogP) is 10.9. The van der Waals surface area contributed by atoms with Gasteiger partial charge in [-0.1, -0.05) is 41.5 Å². The molecule has 2 atom stereocenters. The van der Waals surface area contributed by atoms with E-state index in [1.54, 1.807) is 41.5 Å². The van der Waals surface area contributed by atoms with E-state index in [0.29, 0.717) is 0 Å². The summed E-state index contributed by atoms with van der Waals surface area (Å²) in [6, 6.07) is 0. The lowest BCUT2D eigenvalue weighted by Crippen LogP contribution is -2.61. The third-order valence-electron chi connectivity index (χ3n) is 6.72. The second-order valence-electron chi connectivity index (χ2n) is 13.9. The Kier molecular flexibility index (Phi) is 13.1. The lowest BCUT2D eigenvalue weighted by molar-refractivity contribution is -0.343. The largest absolute Gasteiger partial charge is 0.459 e. The van der Waals surface area contributed by atoms with Crippen molar-refractivity contribution in [2.45, 2.75) is 122 Å². The highest BCUT2D eigenvalue weighted by molar-refractivity contribution is 7.81. The zero-order valence-corrected chi connectivity index (χ0v) is 27.4. The number of carbonyl (C=O) groups excluding carboxylic acids is 1. The molecule has 0 aliphatic rings. The molecule has 0 aromatic heterocycles. The van der Waals surface area contributed by atoms with E-state index in [1.165, 1.54) is 0 Å². The first kappa shape index (κ1) is 45.4. The quantitative estimate of drug-likeness (QED) is 0.0796. The second kappa shape index (κ2) is 13.6. The summed E-state index contributed by atoms with van der Waals surface area (Å²) in [7, 11) is 0. The average molecular weight is 745 g/mol. The molecule has 0 aromatic rings. The van der Waals surface area contributed by atoms with Crippen molar-refractivity contribution in [2.24, 2.45) is 22.7 Å². The monoisotopic (exact) mass is 744 g/mol. The molecule has 2 unspecified atom stereocenters. The minimum absolute atomic E-state index is 0.214. The maximum absolute atomic E-state index is 15.1. The molecule has 20 heteroatoms. The number of hydrogen-bond donors (Lipinski definition) is 1. The van der Waals surface area contributed by atoms with Gasteiger partial charge in [-0.2, -0.15) is 65.9 Å². The summed E-state index contributed by atoms with van der Waals surface area (Å²) in [5.74, 6) is -7.94. The van der Waals surface area contributed by atoms with Crippen LogP contribution in [0.15, 0.2) is 11.1 Å². The van der Waals surface area contributed by atoms with Crippen molar-refractivity contribution in [3.63, 3.8) is 0 Å². The highest BCUT2D eigenvalue weighted by Crippen LogP contribution is 2.61. The van der Waals surface area contributed by atoms with E-state index >= 15 is 4.39 Å². The summed E-state index contributed by atoms with van der Waals surface area (Å²) in [5, 5.41) is 0. The molecule has 47 heavy (non-hydrogen) atoms. The smallest absolute Gasteiger partial charge is 0.435 e. The van der Waals surface area contributed by atoms with Crippen LogP contribution in [0, 0.1) is 22.7 Å². The molecule has 0 spiro atoms. The van der Waals surface area contributed by atoms with E-state index < -0.39 is 99.9 Å². The Labute approximate surface area is 266 Å². The van der Waals surface area contributed by atoms with Crippen LogP contribution in [0.1, 0.15) is 75.2 Å². The number of carbonyl (C=O) groups is 1. The number of allylic oxidation sites excluding steroid dienone is 1. The molecule has 0 aliphatic heterocycles. The zero-order valence-electron chi connectivity index (χ0n) is 26.5. The standard InChI is InChI=1S/C27H36F16O3S/c1-18(2,3)12-13(19(4,5)6)17(44)46-20(7,8)10-11-45-21(9,47)15(23(29,30)31)14(16(24(32,33)34)25(35,36)37)22(28,26(38,39)40)27(41,42)43/h13,16,47H,10-12H2,1-9H3/b15-14-. The summed E-state index contributed by atoms with van der Waals surface area (Å²) in [4.78, 5) is 8.81. The van der Waals surface area contributed by atoms with E-state index in [2.05, 4.69) is 17.4 Å². The predicted molar refractivity (Wildman–Crippen MR) is 140 cm³/mol. The van der Waals surface area contributed by atoms with Gasteiger partial charge in [-0.25, -0.2) is 4.39 Å². The summed E-state index contributed by atoms with van der Waals surface area (Å²) >= 11 is 3.10. The Hall–Kier alpha value is -1.60. The van der Waals surface area contributed by atoms with Crippen molar-refractivity contribution in [3.8, 4) is 0 Å². The number of alkyl halides is 16. The first-order chi connectivity index (χ1) is 20.0. The Morgan fingerprint density at radius 2 is 1.04 bits per heavy atom. The number of esters is 1. The number of rotatable bonds is 10. The minimum Gasteiger partial charge on any atom is -0.459 e. The van der Waals surface area contributed by atoms with Gasteiger partial charge in [0.25, 0.3) is 0 Å². The number of ether oxygens (including phenoxy) is 2. The SMILES string of the molecule is CC(C)(C)CC(C(=O)OC(C)(C)CCOC(C)(S)/C(=C(\C(C(F)(F)F)C(F)(F)F)C(F)(C(F)(F)F)C(F)(F)F)C(F)(F)F)C(C)(C)C. The summed E-state index contributed by atoms with van der Waals surface area (Å²) in [6.07, 6.45) is -37.9. The van der Waals surface area contributed by atoms with Crippen molar-refractivity contribution in [3.05, 3.63) is 11.1 Å². The summed E-state index contributed by atoms with van der Waals surface area (Å²) < 4.78 is 230. The van der Waals surface area contributed by atoms with Gasteiger partial charge in [-0.15, -0.1) is 12.6 Å². The fourth-order valence-corrected chi connectivity index (χ4v) is 4.82. The maximum Gasteiger partial charge on any atom is 0.435 e. The van der Waals surface area contributed by atoms with Crippen molar-refractivity contribution < 1.29 is 84.5 Å². The lowest BCUT2D eigenvalue weighted by atomic mass is 9.72. The van der Waals surface area contributed by atoms with E-state index in [1.807, 2.05) is 0 Å². The highest BCUT2D eigenvalue weighted by Gasteiger charge is 2.81. The third kappa shape index (κ3) is 11.8. The van der Waals surface area contributed by atoms with Gasteiger partial charge < -0.3 is 9.47 Å². The Bertz CT molecular complexity index is 1080. The summed E-state index contributed by atoms with van der Waals surface area (Å²) in [6.45, 7) is 11.1. The van der Waals surface area contributed by atoms with Crippen molar-refractivity contribution in [1.82, 2.24) is 0 Å². The molecule has 0 aliphatic carbocycles. The molecule has 0 N–H and O–H groups in total. The fourth-order valence-electron chi connectivity index (χ4n) is 4.48. The fraction of sp³-hybridized carbons (Fsp3) is 0.889. The Morgan fingerprint density at radius 3 is 1.32 bits per heavy atom. The molecule has 0 aromatic carbocycles. The van der Waals surface area contributed by atoms with Crippen LogP contribution < -0.4 is 0 Å². The van der Waals surface area contributed by atoms with Gasteiger partial charge in [0.2, 0.25) is 0 Å². The van der Waals surface area contributed by atoms with Crippen LogP contribution in [0.5, 0.6) is 0 Å². The maximum atomic E-state index is 15.1. The molecule has 0 heterocycles. The van der Waals surface area contributed by atoms with Crippen LogP contribution in [0.4, 0.5) is 70.2 Å². The second-order valence-corrected chi connectivity index (χ2v) is 14.8. The molecule has 0 saturated heterocycles. The lowest BCUT2D eigenvalue weighted by Gasteiger charge is -2.41. The average Bonchev–Trinajstić information content (AvgIpc) is 2.69. The molecule has 3 nitrogen and oxygen atoms in total. The first-order valence-electron chi connectivity index (χ1n) is 13.4. The van der Waals surface area contributed by atoms with E-state index in [9.17, 15) is 70.7 Å². The highest BCUT2D eigenvalue weighted by atomic mass is 32.1. The molecular formula is C27H36F16O3S. The van der Waals surface area contributed by atoms with Crippen molar-refractivity contribution >= 4 is 18.6 Å². The van der Waals surface area contributed by atoms with Gasteiger partial charge in [-0.3, -0.25) is 4.79 Å². The number of thiol groups is 1. The minimum atomic E-state index is -7.86. The number of halogens is 16. The van der Waals surface area contributed by atoms with E-state index in [-0.39, 0.29) is 13.3 Å².